The van der Waals surface area contributed by atoms with Crippen molar-refractivity contribution in [3.05, 3.63) is 91.0 Å². The van der Waals surface area contributed by atoms with Gasteiger partial charge in [-0.25, -0.2) is 0 Å². The predicted molar refractivity (Wildman–Crippen MR) is 94.5 cm³/mol. The summed E-state index contributed by atoms with van der Waals surface area (Å²) in [5.41, 5.74) is 0. The summed E-state index contributed by atoms with van der Waals surface area (Å²) in [5, 5.41) is 0. The van der Waals surface area contributed by atoms with Gasteiger partial charge in [0.15, 0.2) is 0 Å². The van der Waals surface area contributed by atoms with Gasteiger partial charge in [0.1, 0.15) is 0 Å². The molecular weight excluding hydrogens is 359 g/mol. The van der Waals surface area contributed by atoms with E-state index < -0.39 is 18.4 Å². The Morgan fingerprint density at radius 2 is 0.810 bits per heavy atom. The van der Waals surface area contributed by atoms with Gasteiger partial charge in [0, 0.05) is 0 Å². The molecule has 0 heterocycles. The van der Waals surface area contributed by atoms with Gasteiger partial charge in [-0.1, -0.05) is 0 Å². The first-order valence-electron chi connectivity index (χ1n) is 7.54. The molecule has 0 fully saturated rings. The summed E-state index contributed by atoms with van der Waals surface area (Å²) in [6, 6.07) is 33.4. The van der Waals surface area contributed by atoms with Crippen molar-refractivity contribution in [1.82, 2.24) is 0 Å². The molecule has 3 aromatic carbocycles. The molecule has 0 aliphatic carbocycles. The first-order valence-corrected chi connectivity index (χ1v) is 13.8. The van der Waals surface area contributed by atoms with Gasteiger partial charge >= 0.3 is 131 Å². The summed E-state index contributed by atoms with van der Waals surface area (Å²) < 4.78 is 5.93. The first kappa shape index (κ1) is 14.4. The van der Waals surface area contributed by atoms with Gasteiger partial charge < -0.3 is 0 Å². The van der Waals surface area contributed by atoms with E-state index in [2.05, 4.69) is 97.9 Å². The molecular formula is C20H20Sn. The second kappa shape index (κ2) is 6.48. The molecule has 0 nitrogen and oxygen atoms in total. The van der Waals surface area contributed by atoms with Crippen LogP contribution in [-0.2, 0) is 0 Å². The van der Waals surface area contributed by atoms with Crippen molar-refractivity contribution >= 4 is 29.1 Å². The van der Waals surface area contributed by atoms with Crippen LogP contribution < -0.4 is 10.7 Å². The van der Waals surface area contributed by atoms with Crippen LogP contribution in [0, 0.1) is 0 Å². The molecule has 0 aromatic heterocycles. The molecule has 0 saturated heterocycles. The predicted octanol–water partition coefficient (Wildman–Crippen LogP) is 3.18. The molecule has 0 atom stereocenters. The van der Waals surface area contributed by atoms with Crippen LogP contribution in [0.4, 0.5) is 0 Å². The monoisotopic (exact) mass is 380 g/mol. The molecule has 0 aliphatic rings. The minimum atomic E-state index is -2.83. The van der Waals surface area contributed by atoms with E-state index in [-0.39, 0.29) is 0 Å². The number of rotatable bonds is 4. The fourth-order valence-corrected chi connectivity index (χ4v) is 16.2. The normalized spacial score (nSPS) is 11.3. The minimum absolute atomic E-state index is 1.24. The average Bonchev–Trinajstić information content (AvgIpc) is 2.59. The van der Waals surface area contributed by atoms with Crippen LogP contribution in [0.15, 0.2) is 91.0 Å². The molecule has 0 spiro atoms. The van der Waals surface area contributed by atoms with E-state index in [9.17, 15) is 0 Å². The third kappa shape index (κ3) is 2.65. The van der Waals surface area contributed by atoms with Gasteiger partial charge in [-0.2, -0.15) is 0 Å². The van der Waals surface area contributed by atoms with Crippen molar-refractivity contribution in [2.75, 3.05) is 0 Å². The SMILES string of the molecule is C[CH2][Sn]([c]1ccccc1)([c]1ccccc1)[c]1ccccc1. The van der Waals surface area contributed by atoms with Crippen molar-refractivity contribution in [3.8, 4) is 0 Å². The summed E-state index contributed by atoms with van der Waals surface area (Å²) >= 11 is -2.83. The quantitative estimate of drug-likeness (QED) is 0.611. The Morgan fingerprint density at radius 1 is 0.524 bits per heavy atom. The van der Waals surface area contributed by atoms with Crippen LogP contribution in [0.2, 0.25) is 4.44 Å². The molecule has 0 amide bonds. The number of hydrogen-bond donors (Lipinski definition) is 0. The number of benzene rings is 3. The van der Waals surface area contributed by atoms with Crippen molar-refractivity contribution in [2.45, 2.75) is 11.4 Å². The summed E-state index contributed by atoms with van der Waals surface area (Å²) in [5.74, 6) is 0. The molecule has 0 saturated carbocycles. The summed E-state index contributed by atoms with van der Waals surface area (Å²) in [7, 11) is 0. The first-order chi connectivity index (χ1) is 10.4. The van der Waals surface area contributed by atoms with Gasteiger partial charge in [0.25, 0.3) is 0 Å². The second-order valence-electron chi connectivity index (χ2n) is 5.36. The summed E-state index contributed by atoms with van der Waals surface area (Å²) in [6.07, 6.45) is 0. The molecule has 0 bridgehead atoms. The Hall–Kier alpha value is -1.54. The molecule has 0 N–H and O–H groups in total. The van der Waals surface area contributed by atoms with Crippen LogP contribution in [0.5, 0.6) is 0 Å². The standard InChI is InChI=1S/3C6H5.C2H5.Sn/c3*1-2-4-6-5-3-1;1-2;/h3*1-5H;1H2,2H3;. The molecule has 0 radical (unpaired) electrons. The Labute approximate surface area is 131 Å². The number of hydrogen-bond acceptors (Lipinski definition) is 0. The zero-order valence-electron chi connectivity index (χ0n) is 12.4. The molecule has 21 heavy (non-hydrogen) atoms. The van der Waals surface area contributed by atoms with E-state index in [1.807, 2.05) is 0 Å². The van der Waals surface area contributed by atoms with Crippen LogP contribution in [0.25, 0.3) is 0 Å². The third-order valence-corrected chi connectivity index (χ3v) is 18.7. The molecule has 0 unspecified atom stereocenters. The average molecular weight is 379 g/mol. The Kier molecular flexibility index (Phi) is 4.45. The van der Waals surface area contributed by atoms with Gasteiger partial charge in [-0.3, -0.25) is 0 Å². The van der Waals surface area contributed by atoms with Crippen LogP contribution >= 0.6 is 0 Å². The van der Waals surface area contributed by atoms with Crippen LogP contribution in [-0.4, -0.2) is 18.4 Å². The van der Waals surface area contributed by atoms with Crippen molar-refractivity contribution in [1.29, 1.82) is 0 Å². The van der Waals surface area contributed by atoms with E-state index in [0.29, 0.717) is 0 Å². The van der Waals surface area contributed by atoms with Gasteiger partial charge in [-0.05, 0) is 0 Å². The molecule has 1 heteroatoms. The van der Waals surface area contributed by atoms with Crippen LogP contribution in [0.3, 0.4) is 0 Å². The van der Waals surface area contributed by atoms with Gasteiger partial charge in [0.05, 0.1) is 0 Å². The topological polar surface area (TPSA) is 0 Å². The summed E-state index contributed by atoms with van der Waals surface area (Å²) in [6.45, 7) is 2.36. The Morgan fingerprint density at radius 3 is 1.05 bits per heavy atom. The van der Waals surface area contributed by atoms with E-state index in [4.69, 9.17) is 0 Å². The van der Waals surface area contributed by atoms with Crippen LogP contribution in [0.1, 0.15) is 6.92 Å². The molecule has 104 valence electrons. The van der Waals surface area contributed by atoms with E-state index in [1.165, 1.54) is 4.44 Å². The van der Waals surface area contributed by atoms with E-state index in [1.54, 1.807) is 10.7 Å². The van der Waals surface area contributed by atoms with E-state index >= 15 is 0 Å². The van der Waals surface area contributed by atoms with E-state index in [0.717, 1.165) is 0 Å². The molecule has 3 aromatic rings. The van der Waals surface area contributed by atoms with Gasteiger partial charge in [0.2, 0.25) is 0 Å². The van der Waals surface area contributed by atoms with Crippen molar-refractivity contribution in [2.24, 2.45) is 0 Å². The zero-order valence-corrected chi connectivity index (χ0v) is 15.2. The second-order valence-corrected chi connectivity index (χ2v) is 17.5. The fraction of sp³-hybridized carbons (Fsp3) is 0.100. The van der Waals surface area contributed by atoms with Crippen molar-refractivity contribution < 1.29 is 0 Å². The van der Waals surface area contributed by atoms with Gasteiger partial charge in [-0.15, -0.1) is 0 Å². The maximum atomic E-state index is 2.36. The zero-order chi connectivity index (χ0) is 14.5. The fourth-order valence-electron chi connectivity index (χ4n) is 3.28. The molecule has 0 aliphatic heterocycles. The maximum absolute atomic E-state index is 2.83. The van der Waals surface area contributed by atoms with Crippen molar-refractivity contribution in [3.63, 3.8) is 0 Å². The third-order valence-electron chi connectivity index (χ3n) is 4.33. The molecule has 3 rings (SSSR count). The Balaban J connectivity index is 2.29. The summed E-state index contributed by atoms with van der Waals surface area (Å²) in [4.78, 5) is 0. The Bertz CT molecular complexity index is 578.